The zero-order valence-corrected chi connectivity index (χ0v) is 9.71. The summed E-state index contributed by atoms with van der Waals surface area (Å²) in [4.78, 5) is 14.8. The van der Waals surface area contributed by atoms with E-state index < -0.39 is 5.97 Å². The van der Waals surface area contributed by atoms with Crippen LogP contribution in [0.4, 0.5) is 0 Å². The predicted octanol–water partition coefficient (Wildman–Crippen LogP) is 3.35. The minimum Gasteiger partial charge on any atom is -0.476 e. The van der Waals surface area contributed by atoms with Gasteiger partial charge in [0.2, 0.25) is 0 Å². The molecular weight excluding hydrogens is 281 g/mol. The maximum absolute atomic E-state index is 10.8. The molecule has 1 aromatic carbocycles. The highest BCUT2D eigenvalue weighted by Crippen LogP contribution is 2.23. The molecule has 76 valence electrons. The second-order valence-electron chi connectivity index (χ2n) is 2.96. The monoisotopic (exact) mass is 285 g/mol. The van der Waals surface area contributed by atoms with Gasteiger partial charge >= 0.3 is 5.97 Å². The fraction of sp³-hybridized carbons (Fsp3) is 0. The number of aromatic carboxylic acids is 1. The summed E-state index contributed by atoms with van der Waals surface area (Å²) in [5.74, 6) is -1.12. The number of benzene rings is 1. The molecule has 2 aromatic rings. The third-order valence-corrected chi connectivity index (χ3v) is 2.72. The summed E-state index contributed by atoms with van der Waals surface area (Å²) in [7, 11) is 0. The van der Waals surface area contributed by atoms with Crippen LogP contribution in [-0.4, -0.2) is 16.1 Å². The molecule has 0 unspecified atom stereocenters. The SMILES string of the molecule is O=C(O)c1nc2cc(Br)ccc2cc1Cl. The van der Waals surface area contributed by atoms with Crippen molar-refractivity contribution < 1.29 is 9.90 Å². The van der Waals surface area contributed by atoms with E-state index >= 15 is 0 Å². The maximum Gasteiger partial charge on any atom is 0.356 e. The first kappa shape index (κ1) is 10.4. The van der Waals surface area contributed by atoms with Crippen LogP contribution in [0.25, 0.3) is 10.9 Å². The number of rotatable bonds is 1. The Morgan fingerprint density at radius 2 is 2.13 bits per heavy atom. The van der Waals surface area contributed by atoms with Crippen LogP contribution in [0.2, 0.25) is 5.02 Å². The average molecular weight is 287 g/mol. The van der Waals surface area contributed by atoms with Gasteiger partial charge in [0.15, 0.2) is 5.69 Å². The van der Waals surface area contributed by atoms with Crippen LogP contribution in [0.5, 0.6) is 0 Å². The van der Waals surface area contributed by atoms with Crippen LogP contribution in [0, 0.1) is 0 Å². The number of halogens is 2. The van der Waals surface area contributed by atoms with Gasteiger partial charge in [-0.3, -0.25) is 0 Å². The summed E-state index contributed by atoms with van der Waals surface area (Å²) < 4.78 is 0.848. The lowest BCUT2D eigenvalue weighted by Gasteiger charge is -2.02. The summed E-state index contributed by atoms with van der Waals surface area (Å²) >= 11 is 9.08. The van der Waals surface area contributed by atoms with Gasteiger partial charge in [-0.1, -0.05) is 33.6 Å². The highest BCUT2D eigenvalue weighted by atomic mass is 79.9. The first-order valence-electron chi connectivity index (χ1n) is 4.07. The number of aromatic nitrogens is 1. The highest BCUT2D eigenvalue weighted by molar-refractivity contribution is 9.10. The number of nitrogens with zero attached hydrogens (tertiary/aromatic N) is 1. The van der Waals surface area contributed by atoms with Crippen molar-refractivity contribution in [1.82, 2.24) is 4.98 Å². The number of carboxylic acids is 1. The largest absolute Gasteiger partial charge is 0.476 e. The number of fused-ring (bicyclic) bond motifs is 1. The van der Waals surface area contributed by atoms with Gasteiger partial charge in [0.05, 0.1) is 10.5 Å². The van der Waals surface area contributed by atoms with Crippen molar-refractivity contribution in [3.63, 3.8) is 0 Å². The summed E-state index contributed by atoms with van der Waals surface area (Å²) in [5.41, 5.74) is 0.480. The Morgan fingerprint density at radius 3 is 2.80 bits per heavy atom. The van der Waals surface area contributed by atoms with Crippen LogP contribution in [0.1, 0.15) is 10.5 Å². The smallest absolute Gasteiger partial charge is 0.356 e. The van der Waals surface area contributed by atoms with Crippen molar-refractivity contribution in [1.29, 1.82) is 0 Å². The Kier molecular flexibility index (Phi) is 2.63. The molecule has 5 heteroatoms. The fourth-order valence-corrected chi connectivity index (χ4v) is 1.85. The third-order valence-electron chi connectivity index (χ3n) is 1.94. The molecule has 15 heavy (non-hydrogen) atoms. The van der Waals surface area contributed by atoms with E-state index in [9.17, 15) is 4.79 Å². The molecule has 0 saturated heterocycles. The van der Waals surface area contributed by atoms with E-state index in [4.69, 9.17) is 16.7 Å². The van der Waals surface area contributed by atoms with E-state index in [1.54, 1.807) is 12.1 Å². The normalized spacial score (nSPS) is 10.5. The Balaban J connectivity index is 2.77. The summed E-state index contributed by atoms with van der Waals surface area (Å²) in [5, 5.41) is 9.80. The molecule has 0 saturated carbocycles. The van der Waals surface area contributed by atoms with E-state index in [0.717, 1.165) is 9.86 Å². The molecule has 0 bridgehead atoms. The molecule has 0 aliphatic carbocycles. The molecule has 0 fully saturated rings. The van der Waals surface area contributed by atoms with E-state index in [1.807, 2.05) is 12.1 Å². The molecule has 2 rings (SSSR count). The molecule has 0 amide bonds. The second kappa shape index (κ2) is 3.79. The predicted molar refractivity (Wildman–Crippen MR) is 61.4 cm³/mol. The lowest BCUT2D eigenvalue weighted by molar-refractivity contribution is 0.0691. The van der Waals surface area contributed by atoms with Crippen LogP contribution >= 0.6 is 27.5 Å². The summed E-state index contributed by atoms with van der Waals surface area (Å²) in [6.07, 6.45) is 0. The van der Waals surface area contributed by atoms with Crippen molar-refractivity contribution in [3.05, 3.63) is 39.5 Å². The average Bonchev–Trinajstić information content (AvgIpc) is 2.17. The van der Waals surface area contributed by atoms with Crippen LogP contribution in [0.3, 0.4) is 0 Å². The van der Waals surface area contributed by atoms with Crippen molar-refractivity contribution in [2.75, 3.05) is 0 Å². The van der Waals surface area contributed by atoms with Crippen molar-refractivity contribution in [3.8, 4) is 0 Å². The summed E-state index contributed by atoms with van der Waals surface area (Å²) in [6, 6.07) is 7.02. The Hall–Kier alpha value is -1.13. The molecule has 1 heterocycles. The van der Waals surface area contributed by atoms with Gasteiger partial charge < -0.3 is 5.11 Å². The second-order valence-corrected chi connectivity index (χ2v) is 4.28. The van der Waals surface area contributed by atoms with Crippen LogP contribution in [-0.2, 0) is 0 Å². The van der Waals surface area contributed by atoms with Gasteiger partial charge in [0, 0.05) is 9.86 Å². The zero-order chi connectivity index (χ0) is 11.0. The lowest BCUT2D eigenvalue weighted by Crippen LogP contribution is -2.01. The van der Waals surface area contributed by atoms with Gasteiger partial charge in [0.1, 0.15) is 0 Å². The molecule has 1 aromatic heterocycles. The number of carbonyl (C=O) groups is 1. The Bertz CT molecular complexity index is 556. The Labute approximate surface area is 98.8 Å². The summed E-state index contributed by atoms with van der Waals surface area (Å²) in [6.45, 7) is 0. The van der Waals surface area contributed by atoms with E-state index in [0.29, 0.717) is 5.52 Å². The first-order valence-corrected chi connectivity index (χ1v) is 5.24. The van der Waals surface area contributed by atoms with Gasteiger partial charge in [-0.2, -0.15) is 0 Å². The molecule has 0 aliphatic rings. The first-order chi connectivity index (χ1) is 7.08. The minimum atomic E-state index is -1.12. The number of carboxylic acid groups (broad SMARTS) is 1. The standard InChI is InChI=1S/C10H5BrClNO2/c11-6-2-1-5-3-7(12)9(10(14)15)13-8(5)4-6/h1-4H,(H,14,15). The number of hydrogen-bond donors (Lipinski definition) is 1. The van der Waals surface area contributed by atoms with E-state index in [-0.39, 0.29) is 10.7 Å². The van der Waals surface area contributed by atoms with Crippen molar-refractivity contribution in [2.24, 2.45) is 0 Å². The molecule has 1 N–H and O–H groups in total. The molecule has 0 atom stereocenters. The van der Waals surface area contributed by atoms with E-state index in [1.165, 1.54) is 0 Å². The quantitative estimate of drug-likeness (QED) is 0.874. The topological polar surface area (TPSA) is 50.2 Å². The lowest BCUT2D eigenvalue weighted by atomic mass is 10.2. The fourth-order valence-electron chi connectivity index (χ4n) is 1.26. The molecule has 3 nitrogen and oxygen atoms in total. The van der Waals surface area contributed by atoms with Gasteiger partial charge in [-0.15, -0.1) is 0 Å². The van der Waals surface area contributed by atoms with Crippen molar-refractivity contribution in [2.45, 2.75) is 0 Å². The molecular formula is C10H5BrClNO2. The Morgan fingerprint density at radius 1 is 1.40 bits per heavy atom. The third kappa shape index (κ3) is 1.96. The van der Waals surface area contributed by atoms with Gasteiger partial charge in [-0.05, 0) is 18.2 Å². The number of pyridine rings is 1. The maximum atomic E-state index is 10.8. The molecule has 0 radical (unpaired) electrons. The minimum absolute atomic E-state index is 0.123. The molecule has 0 spiro atoms. The number of hydrogen-bond acceptors (Lipinski definition) is 2. The van der Waals surface area contributed by atoms with Gasteiger partial charge in [0.25, 0.3) is 0 Å². The highest BCUT2D eigenvalue weighted by Gasteiger charge is 2.11. The van der Waals surface area contributed by atoms with Crippen LogP contribution in [0.15, 0.2) is 28.7 Å². The van der Waals surface area contributed by atoms with Crippen LogP contribution < -0.4 is 0 Å². The van der Waals surface area contributed by atoms with E-state index in [2.05, 4.69) is 20.9 Å². The zero-order valence-electron chi connectivity index (χ0n) is 7.37. The molecule has 0 aliphatic heterocycles. The van der Waals surface area contributed by atoms with Gasteiger partial charge in [-0.25, -0.2) is 9.78 Å². The van der Waals surface area contributed by atoms with Crippen molar-refractivity contribution >= 4 is 44.4 Å².